The van der Waals surface area contributed by atoms with E-state index in [-0.39, 0.29) is 5.56 Å². The quantitative estimate of drug-likeness (QED) is 0.598. The zero-order valence-electron chi connectivity index (χ0n) is 10.3. The molecule has 2 rings (SSSR count). The fraction of sp³-hybridized carbons (Fsp3) is 0.364. The molecule has 5 nitrogen and oxygen atoms in total. The van der Waals surface area contributed by atoms with Crippen molar-refractivity contribution in [2.24, 2.45) is 5.10 Å². The van der Waals surface area contributed by atoms with Crippen LogP contribution in [0.3, 0.4) is 0 Å². The van der Waals surface area contributed by atoms with Crippen LogP contribution < -0.4 is 5.56 Å². The highest BCUT2D eigenvalue weighted by Gasteiger charge is 2.11. The lowest BCUT2D eigenvalue weighted by atomic mass is 10.2. The van der Waals surface area contributed by atoms with Gasteiger partial charge in [-0.2, -0.15) is 9.78 Å². The van der Waals surface area contributed by atoms with Gasteiger partial charge in [-0.25, -0.2) is 4.98 Å². The number of aromatic nitrogens is 2. The van der Waals surface area contributed by atoms with Gasteiger partial charge in [0.2, 0.25) is 0 Å². The molecular formula is C11H14N4OS. The summed E-state index contributed by atoms with van der Waals surface area (Å²) >= 11 is 1.54. The molecular weight excluding hydrogens is 236 g/mol. The summed E-state index contributed by atoms with van der Waals surface area (Å²) in [5.41, 5.74) is 0.881. The first-order chi connectivity index (χ1) is 8.00. The Kier molecular flexibility index (Phi) is 2.97. The fourth-order valence-electron chi connectivity index (χ4n) is 1.47. The van der Waals surface area contributed by atoms with E-state index in [0.717, 1.165) is 15.3 Å². The molecule has 2 aromatic heterocycles. The largest absolute Gasteiger partial charge is 0.367 e. The van der Waals surface area contributed by atoms with Crippen LogP contribution in [0.4, 0.5) is 0 Å². The summed E-state index contributed by atoms with van der Waals surface area (Å²) in [6.07, 6.45) is 3.03. The highest BCUT2D eigenvalue weighted by Crippen LogP contribution is 2.25. The van der Waals surface area contributed by atoms with Gasteiger partial charge in [-0.15, -0.1) is 11.3 Å². The third-order valence-corrected chi connectivity index (χ3v) is 3.60. The molecule has 6 heteroatoms. The van der Waals surface area contributed by atoms with E-state index in [4.69, 9.17) is 0 Å². The highest BCUT2D eigenvalue weighted by atomic mass is 32.1. The summed E-state index contributed by atoms with van der Waals surface area (Å²) < 4.78 is 1.27. The van der Waals surface area contributed by atoms with Crippen molar-refractivity contribution in [1.29, 1.82) is 0 Å². The van der Waals surface area contributed by atoms with Crippen molar-refractivity contribution >= 4 is 27.9 Å². The molecule has 0 radical (unpaired) electrons. The van der Waals surface area contributed by atoms with E-state index < -0.39 is 0 Å². The van der Waals surface area contributed by atoms with Crippen LogP contribution in [0, 0.1) is 13.8 Å². The first kappa shape index (κ1) is 11.8. The SMILES string of the molecule is Cc1sc2ncn(/N=C\N(C)C)c(=O)c2c1C. The number of hydrogen-bond donors (Lipinski definition) is 0. The molecule has 0 N–H and O–H groups in total. The molecule has 0 unspecified atom stereocenters. The summed E-state index contributed by atoms with van der Waals surface area (Å²) in [6.45, 7) is 3.94. The van der Waals surface area contributed by atoms with Crippen LogP contribution in [0.25, 0.3) is 10.2 Å². The minimum absolute atomic E-state index is 0.116. The summed E-state index contributed by atoms with van der Waals surface area (Å²) in [5, 5.41) is 4.73. The number of aryl methyl sites for hydroxylation is 2. The molecule has 0 saturated carbocycles. The van der Waals surface area contributed by atoms with Crippen LogP contribution in [-0.4, -0.2) is 35.0 Å². The van der Waals surface area contributed by atoms with Crippen molar-refractivity contribution < 1.29 is 0 Å². The molecule has 2 heterocycles. The second kappa shape index (κ2) is 4.29. The fourth-order valence-corrected chi connectivity index (χ4v) is 2.45. The summed E-state index contributed by atoms with van der Waals surface area (Å²) in [5.74, 6) is 0. The standard InChI is InChI=1S/C11H14N4OS/c1-7-8(2)17-10-9(7)11(16)15(5-12-10)13-6-14(3)4/h5-6H,1-4H3/b13-6-. The molecule has 0 atom stereocenters. The monoisotopic (exact) mass is 250 g/mol. The van der Waals surface area contributed by atoms with E-state index in [0.29, 0.717) is 5.39 Å². The van der Waals surface area contributed by atoms with Gasteiger partial charge in [0.05, 0.1) is 5.39 Å². The summed E-state index contributed by atoms with van der Waals surface area (Å²) in [4.78, 5) is 20.1. The minimum atomic E-state index is -0.116. The number of nitrogens with zero attached hydrogens (tertiary/aromatic N) is 4. The summed E-state index contributed by atoms with van der Waals surface area (Å²) in [7, 11) is 3.70. The van der Waals surface area contributed by atoms with Gasteiger partial charge in [-0.1, -0.05) is 0 Å². The minimum Gasteiger partial charge on any atom is -0.367 e. The van der Waals surface area contributed by atoms with E-state index in [2.05, 4.69) is 10.1 Å². The molecule has 0 amide bonds. The Bertz CT molecular complexity index is 639. The number of thiophene rings is 1. The third kappa shape index (κ3) is 2.08. The van der Waals surface area contributed by atoms with E-state index in [9.17, 15) is 4.79 Å². The first-order valence-corrected chi connectivity index (χ1v) is 6.00. The Morgan fingerprint density at radius 1 is 1.47 bits per heavy atom. The van der Waals surface area contributed by atoms with Gasteiger partial charge in [0.25, 0.3) is 5.56 Å². The number of hydrogen-bond acceptors (Lipinski definition) is 4. The Hall–Kier alpha value is -1.69. The highest BCUT2D eigenvalue weighted by molar-refractivity contribution is 7.18. The lowest BCUT2D eigenvalue weighted by Crippen LogP contribution is -2.19. The molecule has 0 spiro atoms. The molecule has 0 bridgehead atoms. The predicted molar refractivity (Wildman–Crippen MR) is 70.9 cm³/mol. The van der Waals surface area contributed by atoms with Crippen molar-refractivity contribution in [2.75, 3.05) is 14.1 Å². The van der Waals surface area contributed by atoms with E-state index in [1.807, 2.05) is 27.9 Å². The van der Waals surface area contributed by atoms with Crippen LogP contribution >= 0.6 is 11.3 Å². The van der Waals surface area contributed by atoms with Gasteiger partial charge in [-0.05, 0) is 19.4 Å². The van der Waals surface area contributed by atoms with E-state index in [1.165, 1.54) is 22.3 Å². The molecule has 17 heavy (non-hydrogen) atoms. The zero-order chi connectivity index (χ0) is 12.6. The Labute approximate surface area is 103 Å². The smallest absolute Gasteiger partial charge is 0.283 e. The number of fused-ring (bicyclic) bond motifs is 1. The van der Waals surface area contributed by atoms with Crippen molar-refractivity contribution in [2.45, 2.75) is 13.8 Å². The van der Waals surface area contributed by atoms with Gasteiger partial charge in [0.1, 0.15) is 17.5 Å². The second-order valence-corrected chi connectivity index (χ2v) is 5.26. The molecule has 0 aliphatic heterocycles. The lowest BCUT2D eigenvalue weighted by molar-refractivity contribution is 0.629. The Morgan fingerprint density at radius 2 is 2.18 bits per heavy atom. The van der Waals surface area contributed by atoms with E-state index >= 15 is 0 Å². The molecule has 0 saturated heterocycles. The van der Waals surface area contributed by atoms with Crippen LogP contribution in [-0.2, 0) is 0 Å². The van der Waals surface area contributed by atoms with Crippen LogP contribution in [0.15, 0.2) is 16.2 Å². The van der Waals surface area contributed by atoms with Gasteiger partial charge in [-0.3, -0.25) is 4.79 Å². The predicted octanol–water partition coefficient (Wildman–Crippen LogP) is 1.43. The maximum absolute atomic E-state index is 12.2. The maximum Gasteiger partial charge on any atom is 0.283 e. The topological polar surface area (TPSA) is 50.5 Å². The van der Waals surface area contributed by atoms with Crippen molar-refractivity contribution in [3.05, 3.63) is 27.1 Å². The van der Waals surface area contributed by atoms with Crippen molar-refractivity contribution in [3.63, 3.8) is 0 Å². The van der Waals surface area contributed by atoms with Crippen LogP contribution in [0.2, 0.25) is 0 Å². The average molecular weight is 250 g/mol. The van der Waals surface area contributed by atoms with Gasteiger partial charge in [0, 0.05) is 19.0 Å². The van der Waals surface area contributed by atoms with Crippen molar-refractivity contribution in [1.82, 2.24) is 14.6 Å². The Morgan fingerprint density at radius 3 is 2.82 bits per heavy atom. The van der Waals surface area contributed by atoms with Gasteiger partial charge in [0.15, 0.2) is 0 Å². The second-order valence-electron chi connectivity index (χ2n) is 4.05. The molecule has 0 aliphatic rings. The normalized spacial score (nSPS) is 11.5. The third-order valence-electron chi connectivity index (χ3n) is 2.48. The number of rotatable bonds is 2. The Balaban J connectivity index is 2.65. The first-order valence-electron chi connectivity index (χ1n) is 5.19. The van der Waals surface area contributed by atoms with Crippen LogP contribution in [0.5, 0.6) is 0 Å². The molecule has 0 aromatic carbocycles. The molecule has 90 valence electrons. The molecule has 0 aliphatic carbocycles. The van der Waals surface area contributed by atoms with Gasteiger partial charge < -0.3 is 4.90 Å². The lowest BCUT2D eigenvalue weighted by Gasteiger charge is -2.03. The van der Waals surface area contributed by atoms with Gasteiger partial charge >= 0.3 is 0 Å². The maximum atomic E-state index is 12.2. The summed E-state index contributed by atoms with van der Waals surface area (Å²) in [6, 6.07) is 0. The molecule has 0 fully saturated rings. The zero-order valence-corrected chi connectivity index (χ0v) is 11.1. The van der Waals surface area contributed by atoms with Crippen LogP contribution in [0.1, 0.15) is 10.4 Å². The average Bonchev–Trinajstić information content (AvgIpc) is 2.54. The van der Waals surface area contributed by atoms with E-state index in [1.54, 1.807) is 11.2 Å². The molecule has 2 aromatic rings. The van der Waals surface area contributed by atoms with Crippen molar-refractivity contribution in [3.8, 4) is 0 Å².